The predicted molar refractivity (Wildman–Crippen MR) is 86.9 cm³/mol. The fourth-order valence-corrected chi connectivity index (χ4v) is 2.65. The molecule has 0 saturated carbocycles. The van der Waals surface area contributed by atoms with Gasteiger partial charge < -0.3 is 25.4 Å². The van der Waals surface area contributed by atoms with Crippen molar-refractivity contribution in [3.05, 3.63) is 12.1 Å². The number of amides is 1. The summed E-state index contributed by atoms with van der Waals surface area (Å²) in [5, 5.41) is 3.49. The number of anilines is 2. The lowest BCUT2D eigenvalue weighted by Gasteiger charge is -2.32. The molecule has 0 bridgehead atoms. The van der Waals surface area contributed by atoms with Crippen molar-refractivity contribution in [1.29, 1.82) is 0 Å². The van der Waals surface area contributed by atoms with Gasteiger partial charge in [-0.1, -0.05) is 0 Å². The molecule has 23 heavy (non-hydrogen) atoms. The molecule has 2 heterocycles. The monoisotopic (exact) mass is 317 g/mol. The summed E-state index contributed by atoms with van der Waals surface area (Å²) in [6, 6.07) is 3.16. The highest BCUT2D eigenvalue weighted by Gasteiger charge is 2.28. The number of piperazine rings is 1. The lowest BCUT2D eigenvalue weighted by Crippen LogP contribution is -2.54. The Morgan fingerprint density at radius 3 is 2.65 bits per heavy atom. The maximum absolute atomic E-state index is 11.8. The summed E-state index contributed by atoms with van der Waals surface area (Å²) < 4.78 is 10.6. The van der Waals surface area contributed by atoms with Crippen molar-refractivity contribution >= 4 is 28.6 Å². The van der Waals surface area contributed by atoms with Gasteiger partial charge in [-0.3, -0.25) is 4.79 Å². The molecule has 1 aromatic heterocycles. The molecule has 0 spiro atoms. The van der Waals surface area contributed by atoms with Crippen LogP contribution in [-0.4, -0.2) is 49.2 Å². The van der Waals surface area contributed by atoms with Crippen LogP contribution in [0.1, 0.15) is 6.92 Å². The van der Waals surface area contributed by atoms with Crippen molar-refractivity contribution in [3.8, 4) is 11.5 Å². The van der Waals surface area contributed by atoms with Crippen molar-refractivity contribution in [2.45, 2.75) is 13.0 Å². The number of nitrogens with two attached hydrogens (primary N) is 1. The standard InChI is InChI=1S/C15H19N5O3/c1-8-14(21)17-4-5-20(8)15-18-10-7-12(23-3)11(22-2)6-9(10)13(16)19-15/h6-8H,4-5H2,1-3H3,(H,17,21)(H2,16,18,19). The Labute approximate surface area is 133 Å². The molecule has 1 aliphatic rings. The molecule has 3 N–H and O–H groups in total. The van der Waals surface area contributed by atoms with Crippen molar-refractivity contribution in [1.82, 2.24) is 15.3 Å². The highest BCUT2D eigenvalue weighted by molar-refractivity contribution is 5.92. The number of nitrogens with one attached hydrogen (secondary N) is 1. The predicted octanol–water partition coefficient (Wildman–Crippen LogP) is 0.554. The summed E-state index contributed by atoms with van der Waals surface area (Å²) in [4.78, 5) is 22.6. The van der Waals surface area contributed by atoms with E-state index < -0.39 is 0 Å². The second kappa shape index (κ2) is 5.79. The number of ether oxygens (including phenoxy) is 2. The zero-order valence-electron chi connectivity index (χ0n) is 13.3. The number of carbonyl (C=O) groups is 1. The average molecular weight is 317 g/mol. The maximum Gasteiger partial charge on any atom is 0.242 e. The van der Waals surface area contributed by atoms with Gasteiger partial charge in [0.1, 0.15) is 11.9 Å². The minimum atomic E-state index is -0.347. The van der Waals surface area contributed by atoms with Gasteiger partial charge in [0.25, 0.3) is 0 Å². The van der Waals surface area contributed by atoms with E-state index in [1.807, 2.05) is 11.8 Å². The Hall–Kier alpha value is -2.77. The number of hydrogen-bond acceptors (Lipinski definition) is 7. The van der Waals surface area contributed by atoms with E-state index in [1.54, 1.807) is 26.4 Å². The van der Waals surface area contributed by atoms with Gasteiger partial charge in [0.15, 0.2) is 11.5 Å². The summed E-state index contributed by atoms with van der Waals surface area (Å²) >= 11 is 0. The summed E-state index contributed by atoms with van der Waals surface area (Å²) in [6.45, 7) is 2.99. The lowest BCUT2D eigenvalue weighted by atomic mass is 10.2. The van der Waals surface area contributed by atoms with Gasteiger partial charge in [-0.25, -0.2) is 4.98 Å². The largest absolute Gasteiger partial charge is 0.493 e. The molecular weight excluding hydrogens is 298 g/mol. The maximum atomic E-state index is 11.8. The van der Waals surface area contributed by atoms with Gasteiger partial charge in [0, 0.05) is 24.5 Å². The van der Waals surface area contributed by atoms with Crippen molar-refractivity contribution in [2.24, 2.45) is 0 Å². The van der Waals surface area contributed by atoms with Crippen LogP contribution in [0.25, 0.3) is 10.9 Å². The van der Waals surface area contributed by atoms with Crippen molar-refractivity contribution in [2.75, 3.05) is 37.9 Å². The first-order chi connectivity index (χ1) is 11.0. The number of carbonyl (C=O) groups excluding carboxylic acids is 1. The minimum Gasteiger partial charge on any atom is -0.493 e. The Morgan fingerprint density at radius 2 is 1.96 bits per heavy atom. The zero-order chi connectivity index (χ0) is 16.6. The molecule has 1 atom stereocenters. The quantitative estimate of drug-likeness (QED) is 0.852. The van der Waals surface area contributed by atoms with Gasteiger partial charge in [-0.05, 0) is 13.0 Å². The topological polar surface area (TPSA) is 103 Å². The van der Waals surface area contributed by atoms with Crippen LogP contribution in [0.5, 0.6) is 11.5 Å². The van der Waals surface area contributed by atoms with E-state index in [0.717, 1.165) is 0 Å². The van der Waals surface area contributed by atoms with E-state index in [0.29, 0.717) is 47.3 Å². The number of aromatic nitrogens is 2. The third-order valence-corrected chi connectivity index (χ3v) is 3.97. The Morgan fingerprint density at radius 1 is 1.26 bits per heavy atom. The molecule has 1 saturated heterocycles. The van der Waals surface area contributed by atoms with Gasteiger partial charge in [0.05, 0.1) is 19.7 Å². The molecule has 1 amide bonds. The van der Waals surface area contributed by atoms with Crippen LogP contribution in [0, 0.1) is 0 Å². The molecule has 2 aromatic rings. The normalized spacial score (nSPS) is 18.0. The SMILES string of the molecule is COc1cc2nc(N3CCNC(=O)C3C)nc(N)c2cc1OC. The number of hydrogen-bond donors (Lipinski definition) is 2. The molecule has 0 radical (unpaired) electrons. The molecule has 8 heteroatoms. The van der Waals surface area contributed by atoms with E-state index in [2.05, 4.69) is 15.3 Å². The van der Waals surface area contributed by atoms with E-state index in [4.69, 9.17) is 15.2 Å². The number of nitrogens with zero attached hydrogens (tertiary/aromatic N) is 3. The Balaban J connectivity index is 2.11. The fraction of sp³-hybridized carbons (Fsp3) is 0.400. The highest BCUT2D eigenvalue weighted by atomic mass is 16.5. The second-order valence-corrected chi connectivity index (χ2v) is 5.29. The third-order valence-electron chi connectivity index (χ3n) is 3.97. The van der Waals surface area contributed by atoms with Crippen LogP contribution in [0.2, 0.25) is 0 Å². The Bertz CT molecular complexity index is 764. The van der Waals surface area contributed by atoms with Crippen LogP contribution in [0.15, 0.2) is 12.1 Å². The number of fused-ring (bicyclic) bond motifs is 1. The number of rotatable bonds is 3. The molecule has 3 rings (SSSR count). The lowest BCUT2D eigenvalue weighted by molar-refractivity contribution is -0.122. The zero-order valence-corrected chi connectivity index (χ0v) is 13.3. The van der Waals surface area contributed by atoms with Gasteiger partial charge >= 0.3 is 0 Å². The molecule has 1 aromatic carbocycles. The van der Waals surface area contributed by atoms with Gasteiger partial charge in [-0.15, -0.1) is 0 Å². The van der Waals surface area contributed by atoms with Crippen LogP contribution >= 0.6 is 0 Å². The molecule has 8 nitrogen and oxygen atoms in total. The minimum absolute atomic E-state index is 0.0502. The molecule has 1 unspecified atom stereocenters. The number of nitrogen functional groups attached to an aromatic ring is 1. The summed E-state index contributed by atoms with van der Waals surface area (Å²) in [5.74, 6) is 1.85. The Kier molecular flexibility index (Phi) is 3.81. The fourth-order valence-electron chi connectivity index (χ4n) is 2.65. The van der Waals surface area contributed by atoms with E-state index in [9.17, 15) is 4.79 Å². The summed E-state index contributed by atoms with van der Waals surface area (Å²) in [6.07, 6.45) is 0. The summed E-state index contributed by atoms with van der Waals surface area (Å²) in [7, 11) is 3.12. The van der Waals surface area contributed by atoms with E-state index in [-0.39, 0.29) is 11.9 Å². The van der Waals surface area contributed by atoms with Crippen molar-refractivity contribution < 1.29 is 14.3 Å². The first-order valence-electron chi connectivity index (χ1n) is 7.28. The smallest absolute Gasteiger partial charge is 0.242 e. The number of benzene rings is 1. The summed E-state index contributed by atoms with van der Waals surface area (Å²) in [5.41, 5.74) is 6.73. The second-order valence-electron chi connectivity index (χ2n) is 5.29. The van der Waals surface area contributed by atoms with Crippen LogP contribution < -0.4 is 25.4 Å². The van der Waals surface area contributed by atoms with E-state index >= 15 is 0 Å². The van der Waals surface area contributed by atoms with Crippen LogP contribution in [-0.2, 0) is 4.79 Å². The van der Waals surface area contributed by atoms with Crippen LogP contribution in [0.3, 0.4) is 0 Å². The van der Waals surface area contributed by atoms with Gasteiger partial charge in [-0.2, -0.15) is 4.98 Å². The van der Waals surface area contributed by atoms with Gasteiger partial charge in [0.2, 0.25) is 11.9 Å². The molecule has 0 aliphatic carbocycles. The first-order valence-corrected chi connectivity index (χ1v) is 7.28. The number of methoxy groups -OCH3 is 2. The molecule has 1 fully saturated rings. The molecule has 122 valence electrons. The first kappa shape index (κ1) is 15.1. The molecular formula is C15H19N5O3. The van der Waals surface area contributed by atoms with E-state index in [1.165, 1.54) is 0 Å². The third kappa shape index (κ3) is 2.56. The van der Waals surface area contributed by atoms with Crippen LogP contribution in [0.4, 0.5) is 11.8 Å². The average Bonchev–Trinajstić information content (AvgIpc) is 2.56. The van der Waals surface area contributed by atoms with Crippen molar-refractivity contribution in [3.63, 3.8) is 0 Å². The molecule has 1 aliphatic heterocycles. The highest BCUT2D eigenvalue weighted by Crippen LogP contribution is 2.34.